The Morgan fingerprint density at radius 2 is 2.39 bits per heavy atom. The number of nitrogens with one attached hydrogen (secondary N) is 2. The van der Waals surface area contributed by atoms with Crippen molar-refractivity contribution >= 4 is 21.6 Å². The molecule has 96 valence electrons. The molecule has 18 heavy (non-hydrogen) atoms. The standard InChI is InChI=1S/C10H13BrN6O/c1-3-17-10(18)8(11)7(4-14-17)15-6(2)9-12-5-13-16-9/h4-6,15H,3H2,1-2H3,(H,12,13,16). The number of hydrogen-bond acceptors (Lipinski definition) is 5. The third kappa shape index (κ3) is 2.42. The van der Waals surface area contributed by atoms with Crippen LogP contribution >= 0.6 is 15.9 Å². The maximum Gasteiger partial charge on any atom is 0.283 e. The monoisotopic (exact) mass is 312 g/mol. The highest BCUT2D eigenvalue weighted by molar-refractivity contribution is 9.10. The first-order valence-corrected chi connectivity index (χ1v) is 6.30. The van der Waals surface area contributed by atoms with Crippen molar-refractivity contribution in [3.63, 3.8) is 0 Å². The normalized spacial score (nSPS) is 12.4. The van der Waals surface area contributed by atoms with Crippen molar-refractivity contribution in [3.8, 4) is 0 Å². The lowest BCUT2D eigenvalue weighted by molar-refractivity contribution is 0.612. The first-order valence-electron chi connectivity index (χ1n) is 5.51. The molecule has 0 spiro atoms. The van der Waals surface area contributed by atoms with Gasteiger partial charge in [-0.15, -0.1) is 0 Å². The van der Waals surface area contributed by atoms with Gasteiger partial charge in [0.1, 0.15) is 16.6 Å². The molecule has 8 heteroatoms. The number of H-pyrrole nitrogens is 1. The predicted octanol–water partition coefficient (Wildman–Crippen LogP) is 1.32. The van der Waals surface area contributed by atoms with Gasteiger partial charge in [-0.25, -0.2) is 9.67 Å². The third-order valence-electron chi connectivity index (χ3n) is 2.50. The first kappa shape index (κ1) is 12.7. The maximum absolute atomic E-state index is 11.9. The molecule has 0 saturated heterocycles. The molecule has 2 N–H and O–H groups in total. The number of anilines is 1. The molecule has 0 aliphatic rings. The number of aryl methyl sites for hydroxylation is 1. The highest BCUT2D eigenvalue weighted by Crippen LogP contribution is 2.21. The lowest BCUT2D eigenvalue weighted by Gasteiger charge is -2.14. The van der Waals surface area contributed by atoms with Crippen LogP contribution in [-0.4, -0.2) is 25.0 Å². The molecule has 1 unspecified atom stereocenters. The predicted molar refractivity (Wildman–Crippen MR) is 70.3 cm³/mol. The topological polar surface area (TPSA) is 88.5 Å². The van der Waals surface area contributed by atoms with Gasteiger partial charge in [0.15, 0.2) is 0 Å². The number of aromatic amines is 1. The van der Waals surface area contributed by atoms with Gasteiger partial charge in [0, 0.05) is 6.54 Å². The van der Waals surface area contributed by atoms with Crippen LogP contribution in [0.1, 0.15) is 25.7 Å². The molecule has 2 aromatic heterocycles. The zero-order chi connectivity index (χ0) is 13.1. The summed E-state index contributed by atoms with van der Waals surface area (Å²) in [6.07, 6.45) is 3.05. The van der Waals surface area contributed by atoms with Crippen LogP contribution in [-0.2, 0) is 6.54 Å². The van der Waals surface area contributed by atoms with Gasteiger partial charge in [-0.1, -0.05) is 0 Å². The smallest absolute Gasteiger partial charge is 0.283 e. The molecule has 0 fully saturated rings. The van der Waals surface area contributed by atoms with Crippen molar-refractivity contribution in [1.82, 2.24) is 25.0 Å². The second kappa shape index (κ2) is 5.30. The van der Waals surface area contributed by atoms with E-state index in [1.807, 2.05) is 13.8 Å². The van der Waals surface area contributed by atoms with Gasteiger partial charge in [0.05, 0.1) is 17.9 Å². The Morgan fingerprint density at radius 1 is 1.61 bits per heavy atom. The number of halogens is 1. The molecule has 0 aromatic carbocycles. The summed E-state index contributed by atoms with van der Waals surface area (Å²) in [4.78, 5) is 15.9. The van der Waals surface area contributed by atoms with E-state index < -0.39 is 0 Å². The summed E-state index contributed by atoms with van der Waals surface area (Å²) in [6.45, 7) is 4.32. The molecular weight excluding hydrogens is 300 g/mol. The van der Waals surface area contributed by atoms with E-state index >= 15 is 0 Å². The van der Waals surface area contributed by atoms with Crippen LogP contribution in [0.2, 0.25) is 0 Å². The largest absolute Gasteiger partial charge is 0.373 e. The van der Waals surface area contributed by atoms with Crippen LogP contribution in [0.3, 0.4) is 0 Å². The Labute approximate surface area is 112 Å². The van der Waals surface area contributed by atoms with Crippen molar-refractivity contribution < 1.29 is 0 Å². The van der Waals surface area contributed by atoms with E-state index in [4.69, 9.17) is 0 Å². The van der Waals surface area contributed by atoms with Gasteiger partial charge in [0.25, 0.3) is 5.56 Å². The van der Waals surface area contributed by atoms with Crippen LogP contribution in [0.25, 0.3) is 0 Å². The number of aromatic nitrogens is 5. The summed E-state index contributed by atoms with van der Waals surface area (Å²) in [6, 6.07) is -0.0949. The lowest BCUT2D eigenvalue weighted by atomic mass is 10.3. The summed E-state index contributed by atoms with van der Waals surface area (Å²) < 4.78 is 1.85. The van der Waals surface area contributed by atoms with Gasteiger partial charge >= 0.3 is 0 Å². The van der Waals surface area contributed by atoms with Crippen molar-refractivity contribution in [2.75, 3.05) is 5.32 Å². The fraction of sp³-hybridized carbons (Fsp3) is 0.400. The van der Waals surface area contributed by atoms with Crippen LogP contribution in [0.5, 0.6) is 0 Å². The van der Waals surface area contributed by atoms with E-state index in [2.05, 4.69) is 41.5 Å². The lowest BCUT2D eigenvalue weighted by Crippen LogP contribution is -2.24. The minimum atomic E-state index is -0.160. The molecule has 0 bridgehead atoms. The van der Waals surface area contributed by atoms with Crippen LogP contribution in [0, 0.1) is 0 Å². The van der Waals surface area contributed by atoms with Gasteiger partial charge in [-0.2, -0.15) is 10.2 Å². The highest BCUT2D eigenvalue weighted by atomic mass is 79.9. The fourth-order valence-corrected chi connectivity index (χ4v) is 1.94. The molecule has 0 aliphatic carbocycles. The minimum absolute atomic E-state index is 0.0949. The molecule has 0 amide bonds. The Bertz CT molecular complexity index is 579. The SMILES string of the molecule is CCn1ncc(NC(C)c2ncn[nH]2)c(Br)c1=O. The molecule has 7 nitrogen and oxygen atoms in total. The zero-order valence-electron chi connectivity index (χ0n) is 10.0. The summed E-state index contributed by atoms with van der Waals surface area (Å²) in [7, 11) is 0. The Hall–Kier alpha value is -1.70. The average molecular weight is 313 g/mol. The Kier molecular flexibility index (Phi) is 3.75. The summed E-state index contributed by atoms with van der Waals surface area (Å²) in [5.41, 5.74) is 0.473. The number of rotatable bonds is 4. The summed E-state index contributed by atoms with van der Waals surface area (Å²) >= 11 is 3.28. The highest BCUT2D eigenvalue weighted by Gasteiger charge is 2.13. The molecule has 2 rings (SSSR count). The van der Waals surface area contributed by atoms with Crippen molar-refractivity contribution in [2.24, 2.45) is 0 Å². The molecule has 0 saturated carbocycles. The van der Waals surface area contributed by atoms with Gasteiger partial charge in [0.2, 0.25) is 0 Å². The van der Waals surface area contributed by atoms with Crippen molar-refractivity contribution in [2.45, 2.75) is 26.4 Å². The number of hydrogen-bond donors (Lipinski definition) is 2. The second-order valence-corrected chi connectivity index (χ2v) is 4.52. The van der Waals surface area contributed by atoms with E-state index in [1.165, 1.54) is 11.0 Å². The van der Waals surface area contributed by atoms with Crippen molar-refractivity contribution in [1.29, 1.82) is 0 Å². The summed E-state index contributed by atoms with van der Waals surface area (Å²) in [5.74, 6) is 0.696. The fourth-order valence-electron chi connectivity index (χ4n) is 1.52. The van der Waals surface area contributed by atoms with Gasteiger partial charge in [-0.3, -0.25) is 9.89 Å². The summed E-state index contributed by atoms with van der Waals surface area (Å²) in [5, 5.41) is 13.8. The van der Waals surface area contributed by atoms with Crippen LogP contribution < -0.4 is 10.9 Å². The van der Waals surface area contributed by atoms with E-state index in [1.54, 1.807) is 6.20 Å². The molecular formula is C10H13BrN6O. The van der Waals surface area contributed by atoms with Gasteiger partial charge < -0.3 is 5.32 Å². The molecule has 1 atom stereocenters. The molecule has 0 aliphatic heterocycles. The first-order chi connectivity index (χ1) is 8.63. The van der Waals surface area contributed by atoms with E-state index in [0.717, 1.165) is 0 Å². The molecule has 2 heterocycles. The van der Waals surface area contributed by atoms with Crippen LogP contribution in [0.15, 0.2) is 21.8 Å². The quantitative estimate of drug-likeness (QED) is 0.888. The Balaban J connectivity index is 2.25. The Morgan fingerprint density at radius 3 is 3.00 bits per heavy atom. The van der Waals surface area contributed by atoms with E-state index in [-0.39, 0.29) is 11.6 Å². The second-order valence-electron chi connectivity index (χ2n) is 3.73. The minimum Gasteiger partial charge on any atom is -0.373 e. The van der Waals surface area contributed by atoms with Crippen molar-refractivity contribution in [3.05, 3.63) is 33.2 Å². The van der Waals surface area contributed by atoms with Gasteiger partial charge in [-0.05, 0) is 29.8 Å². The molecule has 0 radical (unpaired) electrons. The molecule has 2 aromatic rings. The van der Waals surface area contributed by atoms with Crippen LogP contribution in [0.4, 0.5) is 5.69 Å². The third-order valence-corrected chi connectivity index (χ3v) is 3.27. The zero-order valence-corrected chi connectivity index (χ0v) is 11.6. The van der Waals surface area contributed by atoms with E-state index in [9.17, 15) is 4.79 Å². The van der Waals surface area contributed by atoms with E-state index in [0.29, 0.717) is 22.5 Å². The maximum atomic E-state index is 11.9. The average Bonchev–Trinajstić information content (AvgIpc) is 2.89. The number of nitrogens with zero attached hydrogens (tertiary/aromatic N) is 4.